The van der Waals surface area contributed by atoms with Crippen molar-refractivity contribution in [2.45, 2.75) is 0 Å². The van der Waals surface area contributed by atoms with Crippen LogP contribution in [0.25, 0.3) is 0 Å². The van der Waals surface area contributed by atoms with Crippen LogP contribution >= 0.6 is 21.2 Å². The highest BCUT2D eigenvalue weighted by Crippen LogP contribution is 2.27. The number of hydrogen-bond acceptors (Lipinski definition) is 7. The number of nitrogens with two attached hydrogens (primary N) is 2. The Balaban J connectivity index is 0.000000555. The first-order chi connectivity index (χ1) is 8.56. The van der Waals surface area contributed by atoms with Crippen molar-refractivity contribution < 1.29 is 21.3 Å². The van der Waals surface area contributed by atoms with E-state index in [4.69, 9.17) is 0 Å². The topological polar surface area (TPSA) is 190 Å². The number of rotatable bonds is 3. The van der Waals surface area contributed by atoms with Gasteiger partial charge in [-0.25, -0.2) is 10.3 Å². The Morgan fingerprint density at radius 1 is 1.11 bits per heavy atom. The SMILES string of the molecule is NS(N)(=O)=O.O=Ic1ccc([N+](=O)[O-])cc1[N+](=O)[O-]. The third kappa shape index (κ3) is 7.44. The molecule has 0 aliphatic heterocycles. The van der Waals surface area contributed by atoms with Crippen molar-refractivity contribution in [2.24, 2.45) is 10.3 Å². The zero-order valence-electron chi connectivity index (χ0n) is 8.93. The van der Waals surface area contributed by atoms with Gasteiger partial charge >= 0.3 is 0 Å². The fraction of sp³-hybridized carbons (Fsp3) is 0. The van der Waals surface area contributed by atoms with E-state index >= 15 is 0 Å². The van der Waals surface area contributed by atoms with Crippen molar-refractivity contribution in [3.63, 3.8) is 0 Å². The molecule has 1 aromatic rings. The predicted molar refractivity (Wildman–Crippen MR) is 70.4 cm³/mol. The van der Waals surface area contributed by atoms with Crippen molar-refractivity contribution in [3.8, 4) is 0 Å². The minimum atomic E-state index is -3.67. The maximum absolute atomic E-state index is 10.6. The van der Waals surface area contributed by atoms with E-state index < -0.39 is 46.9 Å². The van der Waals surface area contributed by atoms with Gasteiger partial charge in [-0.15, -0.1) is 0 Å². The van der Waals surface area contributed by atoms with Crippen LogP contribution in [0.5, 0.6) is 0 Å². The van der Waals surface area contributed by atoms with Gasteiger partial charge in [0.25, 0.3) is 21.6 Å². The molecule has 13 heteroatoms. The van der Waals surface area contributed by atoms with E-state index in [2.05, 4.69) is 10.3 Å². The van der Waals surface area contributed by atoms with Gasteiger partial charge in [-0.05, 0) is 6.07 Å². The lowest BCUT2D eigenvalue weighted by Gasteiger charge is -1.94. The summed E-state index contributed by atoms with van der Waals surface area (Å²) in [6.45, 7) is 0. The van der Waals surface area contributed by atoms with Crippen LogP contribution in [0.3, 0.4) is 0 Å². The molecule has 0 heterocycles. The van der Waals surface area contributed by atoms with Gasteiger partial charge in [0.15, 0.2) is 21.2 Å². The van der Waals surface area contributed by atoms with Crippen molar-refractivity contribution in [1.82, 2.24) is 0 Å². The predicted octanol–water partition coefficient (Wildman–Crippen LogP) is 0.137. The zero-order valence-corrected chi connectivity index (χ0v) is 11.9. The zero-order chi connectivity index (χ0) is 15.2. The molecule has 0 aliphatic carbocycles. The molecule has 0 aromatic heterocycles. The van der Waals surface area contributed by atoms with Gasteiger partial charge in [0.2, 0.25) is 0 Å². The maximum Gasteiger partial charge on any atom is 0.292 e. The van der Waals surface area contributed by atoms with E-state index in [9.17, 15) is 31.7 Å². The fourth-order valence-corrected chi connectivity index (χ4v) is 1.72. The average molecular weight is 406 g/mol. The van der Waals surface area contributed by atoms with Crippen LogP contribution in [0.4, 0.5) is 11.4 Å². The van der Waals surface area contributed by atoms with Crippen LogP contribution in [-0.4, -0.2) is 18.3 Å². The lowest BCUT2D eigenvalue weighted by molar-refractivity contribution is -0.394. The first kappa shape index (κ1) is 17.4. The Bertz CT molecular complexity index is 608. The highest BCUT2D eigenvalue weighted by molar-refractivity contribution is 14.1. The second-order valence-electron chi connectivity index (χ2n) is 2.82. The quantitative estimate of drug-likeness (QED) is 0.405. The summed E-state index contributed by atoms with van der Waals surface area (Å²) in [5, 5.41) is 28.9. The number of hydrogen-bond donors (Lipinski definition) is 2. The molecule has 1 aromatic carbocycles. The largest absolute Gasteiger partial charge is 0.292 e. The average Bonchev–Trinajstić information content (AvgIpc) is 2.25. The molecule has 0 atom stereocenters. The minimum absolute atomic E-state index is 0.0550. The summed E-state index contributed by atoms with van der Waals surface area (Å²) in [5.74, 6) is 0. The third-order valence-corrected chi connectivity index (χ3v) is 2.81. The van der Waals surface area contributed by atoms with Crippen molar-refractivity contribution >= 4 is 42.8 Å². The number of nitro groups is 2. The molecule has 11 nitrogen and oxygen atoms in total. The second-order valence-corrected chi connectivity index (χ2v) is 5.60. The first-order valence-electron chi connectivity index (χ1n) is 4.06. The van der Waals surface area contributed by atoms with Crippen LogP contribution in [0.15, 0.2) is 18.2 Å². The van der Waals surface area contributed by atoms with E-state index in [1.807, 2.05) is 0 Å². The van der Waals surface area contributed by atoms with Gasteiger partial charge in [-0.2, -0.15) is 8.42 Å². The number of nitrogens with zero attached hydrogens (tertiary/aromatic N) is 2. The van der Waals surface area contributed by atoms with E-state index in [0.29, 0.717) is 0 Å². The van der Waals surface area contributed by atoms with Crippen molar-refractivity contribution in [2.75, 3.05) is 0 Å². The van der Waals surface area contributed by atoms with E-state index in [-0.39, 0.29) is 9.26 Å². The lowest BCUT2D eigenvalue weighted by Crippen LogP contribution is -2.21. The maximum atomic E-state index is 10.6. The molecule has 0 unspecified atom stereocenters. The van der Waals surface area contributed by atoms with Crippen molar-refractivity contribution in [3.05, 3.63) is 42.0 Å². The van der Waals surface area contributed by atoms with Crippen molar-refractivity contribution in [1.29, 1.82) is 0 Å². The molecule has 0 fully saturated rings. The van der Waals surface area contributed by atoms with Gasteiger partial charge in [0.1, 0.15) is 3.57 Å². The number of halogens is 1. The third-order valence-electron chi connectivity index (χ3n) is 1.42. The molecule has 1 rings (SSSR count). The van der Waals surface area contributed by atoms with E-state index in [1.165, 1.54) is 0 Å². The lowest BCUT2D eigenvalue weighted by atomic mass is 10.3. The van der Waals surface area contributed by atoms with Gasteiger partial charge in [-0.1, -0.05) is 0 Å². The van der Waals surface area contributed by atoms with Crippen LogP contribution in [0.1, 0.15) is 0 Å². The minimum Gasteiger partial charge on any atom is -0.265 e. The summed E-state index contributed by atoms with van der Waals surface area (Å²) < 4.78 is 29.0. The highest BCUT2D eigenvalue weighted by atomic mass is 127. The molecule has 0 spiro atoms. The molecular formula is C6H7IN4O7S. The molecule has 0 saturated carbocycles. The summed E-state index contributed by atoms with van der Waals surface area (Å²) >= 11 is -1.69. The molecule has 19 heavy (non-hydrogen) atoms. The van der Waals surface area contributed by atoms with Crippen LogP contribution < -0.4 is 10.3 Å². The summed E-state index contributed by atoms with van der Waals surface area (Å²) in [5.41, 5.74) is -0.833. The Hall–Kier alpha value is -1.58. The van der Waals surface area contributed by atoms with Crippen LogP contribution in [0.2, 0.25) is 0 Å². The smallest absolute Gasteiger partial charge is 0.265 e. The first-order valence-corrected chi connectivity index (χ1v) is 7.63. The monoisotopic (exact) mass is 406 g/mol. The molecule has 0 aliphatic rings. The number of non-ortho nitro benzene ring substituents is 1. The Morgan fingerprint density at radius 2 is 1.58 bits per heavy atom. The molecule has 0 amide bonds. The van der Waals surface area contributed by atoms with Gasteiger partial charge in [0, 0.05) is 6.07 Å². The molecule has 0 bridgehead atoms. The normalized spacial score (nSPS) is 10.2. The molecule has 4 N–H and O–H groups in total. The molecule has 106 valence electrons. The van der Waals surface area contributed by atoms with E-state index in [0.717, 1.165) is 18.2 Å². The Morgan fingerprint density at radius 3 is 1.89 bits per heavy atom. The summed E-state index contributed by atoms with van der Waals surface area (Å²) in [7, 11) is -3.67. The van der Waals surface area contributed by atoms with Crippen LogP contribution in [-0.2, 0) is 13.3 Å². The summed E-state index contributed by atoms with van der Waals surface area (Å²) in [6.07, 6.45) is 0. The molecular weight excluding hydrogens is 399 g/mol. The highest BCUT2D eigenvalue weighted by Gasteiger charge is 2.19. The van der Waals surface area contributed by atoms with Gasteiger partial charge in [-0.3, -0.25) is 23.3 Å². The Kier molecular flexibility index (Phi) is 6.53. The number of benzene rings is 1. The number of nitro benzene ring substituents is 2. The van der Waals surface area contributed by atoms with Gasteiger partial charge < -0.3 is 0 Å². The second kappa shape index (κ2) is 7.12. The van der Waals surface area contributed by atoms with Gasteiger partial charge in [0.05, 0.1) is 15.9 Å². The fourth-order valence-electron chi connectivity index (χ4n) is 0.820. The van der Waals surface area contributed by atoms with E-state index in [1.54, 1.807) is 0 Å². The van der Waals surface area contributed by atoms with Crippen LogP contribution in [0, 0.1) is 23.8 Å². The summed E-state index contributed by atoms with van der Waals surface area (Å²) in [6, 6.07) is 3.06. The molecule has 0 radical (unpaired) electrons. The Labute approximate surface area is 116 Å². The molecule has 0 saturated heterocycles. The standard InChI is InChI=1S/C6H3IN2O5.H4N2O2S/c10-7-5-2-1-4(8(11)12)3-6(5)9(13)14;1-5(2,3)4/h1-3H;(H4,1,2,3,4). The summed E-state index contributed by atoms with van der Waals surface area (Å²) in [4.78, 5) is 19.2.